The van der Waals surface area contributed by atoms with Crippen molar-refractivity contribution in [2.24, 2.45) is 0 Å². The van der Waals surface area contributed by atoms with Crippen LogP contribution in [0.5, 0.6) is 0 Å². The molecule has 1 N–H and O–H groups in total. The van der Waals surface area contributed by atoms with Crippen LogP contribution in [0, 0.1) is 11.3 Å². The smallest absolute Gasteiger partial charge is 0.209 e. The highest BCUT2D eigenvalue weighted by Crippen LogP contribution is 2.24. The fraction of sp³-hybridized carbons (Fsp3) is 0.0625. The lowest BCUT2D eigenvalue weighted by atomic mass is 10.1. The molecule has 2 aromatic carbocycles. The summed E-state index contributed by atoms with van der Waals surface area (Å²) in [6.45, 7) is 0. The molecule has 0 saturated carbocycles. The van der Waals surface area contributed by atoms with E-state index >= 15 is 0 Å². The van der Waals surface area contributed by atoms with Gasteiger partial charge in [0.05, 0.1) is 11.6 Å². The van der Waals surface area contributed by atoms with Gasteiger partial charge in [-0.25, -0.2) is 4.98 Å². The van der Waals surface area contributed by atoms with E-state index in [2.05, 4.69) is 37.2 Å². The van der Waals surface area contributed by atoms with Crippen LogP contribution < -0.4 is 0 Å². The van der Waals surface area contributed by atoms with Gasteiger partial charge >= 0.3 is 0 Å². The second-order valence-electron chi connectivity index (χ2n) is 4.53. The van der Waals surface area contributed by atoms with Crippen molar-refractivity contribution in [3.63, 3.8) is 0 Å². The Morgan fingerprint density at radius 1 is 1.14 bits per heavy atom. The first-order valence-electron chi connectivity index (χ1n) is 6.55. The zero-order valence-corrected chi connectivity index (χ0v) is 13.9. The quantitative estimate of drug-likeness (QED) is 0.691. The molecule has 22 heavy (non-hydrogen) atoms. The second kappa shape index (κ2) is 6.77. The Labute approximate surface area is 140 Å². The molecule has 1 aromatic heterocycles. The second-order valence-corrected chi connectivity index (χ2v) is 6.39. The van der Waals surface area contributed by atoms with Crippen LogP contribution in [0.4, 0.5) is 0 Å². The average molecular weight is 371 g/mol. The van der Waals surface area contributed by atoms with E-state index in [0.717, 1.165) is 21.4 Å². The molecule has 6 heteroatoms. The van der Waals surface area contributed by atoms with Crippen LogP contribution in [0.3, 0.4) is 0 Å². The fourth-order valence-electron chi connectivity index (χ4n) is 1.95. The van der Waals surface area contributed by atoms with Gasteiger partial charge in [-0.1, -0.05) is 58.0 Å². The van der Waals surface area contributed by atoms with Gasteiger partial charge in [-0.05, 0) is 23.8 Å². The van der Waals surface area contributed by atoms with Crippen molar-refractivity contribution < 1.29 is 0 Å². The Morgan fingerprint density at radius 3 is 2.68 bits per heavy atom. The molecule has 0 aliphatic heterocycles. The van der Waals surface area contributed by atoms with Crippen LogP contribution in [0.15, 0.2) is 58.2 Å². The van der Waals surface area contributed by atoms with Gasteiger partial charge in [-0.2, -0.15) is 5.26 Å². The third-order valence-electron chi connectivity index (χ3n) is 3.08. The predicted molar refractivity (Wildman–Crippen MR) is 90.2 cm³/mol. The average Bonchev–Trinajstić information content (AvgIpc) is 3.03. The van der Waals surface area contributed by atoms with Crippen LogP contribution in [0.2, 0.25) is 0 Å². The van der Waals surface area contributed by atoms with Gasteiger partial charge in [-0.15, -0.1) is 5.10 Å². The number of aromatic amines is 1. The predicted octanol–water partition coefficient (Wildman–Crippen LogP) is 4.40. The van der Waals surface area contributed by atoms with E-state index in [0.29, 0.717) is 16.5 Å². The van der Waals surface area contributed by atoms with E-state index in [-0.39, 0.29) is 0 Å². The maximum absolute atomic E-state index is 9.09. The molecule has 4 nitrogen and oxygen atoms in total. The molecule has 3 aromatic rings. The molecule has 1 heterocycles. The molecule has 0 amide bonds. The summed E-state index contributed by atoms with van der Waals surface area (Å²) in [4.78, 5) is 4.48. The zero-order chi connectivity index (χ0) is 15.4. The summed E-state index contributed by atoms with van der Waals surface area (Å²) < 4.78 is 1.03. The van der Waals surface area contributed by atoms with Gasteiger partial charge in [0.2, 0.25) is 5.16 Å². The lowest BCUT2D eigenvalue weighted by molar-refractivity contribution is 0.973. The molecule has 0 atom stereocenters. The minimum Gasteiger partial charge on any atom is -0.258 e. The van der Waals surface area contributed by atoms with E-state index < -0.39 is 0 Å². The Kier molecular flexibility index (Phi) is 4.56. The van der Waals surface area contributed by atoms with E-state index in [9.17, 15) is 0 Å². The SMILES string of the molecule is N#Cc1ccccc1CSc1n[nH]c(-c2ccc(Br)cc2)n1. The zero-order valence-electron chi connectivity index (χ0n) is 11.5. The Morgan fingerprint density at radius 2 is 1.91 bits per heavy atom. The molecular weight excluding hydrogens is 360 g/mol. The number of nitrogens with zero attached hydrogens (tertiary/aromatic N) is 3. The fourth-order valence-corrected chi connectivity index (χ4v) is 3.01. The van der Waals surface area contributed by atoms with Gasteiger partial charge in [0.1, 0.15) is 0 Å². The van der Waals surface area contributed by atoms with Gasteiger partial charge in [0.25, 0.3) is 0 Å². The first-order valence-corrected chi connectivity index (χ1v) is 8.33. The van der Waals surface area contributed by atoms with Crippen LogP contribution in [0.25, 0.3) is 11.4 Å². The Balaban J connectivity index is 1.72. The highest BCUT2D eigenvalue weighted by Gasteiger charge is 2.08. The molecule has 0 aliphatic rings. The number of nitrogens with one attached hydrogen (secondary N) is 1. The van der Waals surface area contributed by atoms with Crippen molar-refractivity contribution in [3.8, 4) is 17.5 Å². The van der Waals surface area contributed by atoms with Crippen LogP contribution in [0.1, 0.15) is 11.1 Å². The van der Waals surface area contributed by atoms with Gasteiger partial charge in [0, 0.05) is 15.8 Å². The number of hydrogen-bond acceptors (Lipinski definition) is 4. The van der Waals surface area contributed by atoms with Crippen molar-refractivity contribution in [2.75, 3.05) is 0 Å². The van der Waals surface area contributed by atoms with E-state index in [1.807, 2.05) is 48.5 Å². The first kappa shape index (κ1) is 14.8. The van der Waals surface area contributed by atoms with Crippen molar-refractivity contribution in [3.05, 3.63) is 64.1 Å². The summed E-state index contributed by atoms with van der Waals surface area (Å²) in [6, 6.07) is 17.7. The molecular formula is C16H11BrN4S. The lowest BCUT2D eigenvalue weighted by Gasteiger charge is -2.00. The van der Waals surface area contributed by atoms with Gasteiger partial charge in [0.15, 0.2) is 5.82 Å². The monoisotopic (exact) mass is 370 g/mol. The normalized spacial score (nSPS) is 10.4. The van der Waals surface area contributed by atoms with Gasteiger partial charge in [-0.3, -0.25) is 5.10 Å². The molecule has 3 rings (SSSR count). The van der Waals surface area contributed by atoms with Crippen LogP contribution in [-0.2, 0) is 5.75 Å². The first-order chi connectivity index (χ1) is 10.8. The summed E-state index contributed by atoms with van der Waals surface area (Å²) in [5.74, 6) is 1.41. The van der Waals surface area contributed by atoms with E-state index in [1.54, 1.807) is 0 Å². The maximum atomic E-state index is 9.09. The highest BCUT2D eigenvalue weighted by atomic mass is 79.9. The molecule has 0 spiro atoms. The number of H-pyrrole nitrogens is 1. The molecule has 0 unspecified atom stereocenters. The number of thioether (sulfide) groups is 1. The molecule has 0 fully saturated rings. The number of nitriles is 1. The maximum Gasteiger partial charge on any atom is 0.209 e. The van der Waals surface area contributed by atoms with Crippen molar-refractivity contribution in [2.45, 2.75) is 10.9 Å². The molecule has 0 saturated heterocycles. The Hall–Kier alpha value is -2.10. The molecule has 0 radical (unpaired) electrons. The minimum atomic E-state index is 0.668. The summed E-state index contributed by atoms with van der Waals surface area (Å²) in [5, 5.41) is 16.9. The largest absolute Gasteiger partial charge is 0.258 e. The molecule has 108 valence electrons. The lowest BCUT2D eigenvalue weighted by Crippen LogP contribution is -1.87. The van der Waals surface area contributed by atoms with Gasteiger partial charge < -0.3 is 0 Å². The van der Waals surface area contributed by atoms with Crippen molar-refractivity contribution in [1.29, 1.82) is 5.26 Å². The molecule has 0 bridgehead atoms. The standard InChI is InChI=1S/C16H11BrN4S/c17-14-7-5-11(6-8-14)15-19-16(21-20-15)22-10-13-4-2-1-3-12(13)9-18/h1-8H,10H2,(H,19,20,21). The van der Waals surface area contributed by atoms with Crippen LogP contribution >= 0.6 is 27.7 Å². The Bertz CT molecular complexity index is 821. The summed E-state index contributed by atoms with van der Waals surface area (Å²) >= 11 is 4.92. The highest BCUT2D eigenvalue weighted by molar-refractivity contribution is 9.10. The van der Waals surface area contributed by atoms with Crippen molar-refractivity contribution in [1.82, 2.24) is 15.2 Å². The third kappa shape index (κ3) is 3.38. The topological polar surface area (TPSA) is 65.4 Å². The van der Waals surface area contributed by atoms with Crippen LogP contribution in [-0.4, -0.2) is 15.2 Å². The number of aromatic nitrogens is 3. The number of hydrogen-bond donors (Lipinski definition) is 1. The number of halogens is 1. The van der Waals surface area contributed by atoms with Crippen molar-refractivity contribution >= 4 is 27.7 Å². The third-order valence-corrected chi connectivity index (χ3v) is 4.50. The number of rotatable bonds is 4. The number of benzene rings is 2. The van der Waals surface area contributed by atoms with E-state index in [1.165, 1.54) is 11.8 Å². The summed E-state index contributed by atoms with van der Waals surface area (Å²) in [7, 11) is 0. The van der Waals surface area contributed by atoms with E-state index in [4.69, 9.17) is 5.26 Å². The summed E-state index contributed by atoms with van der Waals surface area (Å²) in [5.41, 5.74) is 2.67. The summed E-state index contributed by atoms with van der Waals surface area (Å²) in [6.07, 6.45) is 0. The minimum absolute atomic E-state index is 0.668. The molecule has 0 aliphatic carbocycles.